The molecule has 1 amide bonds. The Morgan fingerprint density at radius 2 is 2.29 bits per heavy atom. The van der Waals surface area contributed by atoms with Crippen LogP contribution in [0.3, 0.4) is 0 Å². The van der Waals surface area contributed by atoms with Crippen molar-refractivity contribution in [3.05, 3.63) is 28.2 Å². The van der Waals surface area contributed by atoms with E-state index >= 15 is 0 Å². The molecule has 2 rings (SSSR count). The lowest BCUT2D eigenvalue weighted by atomic mass is 10.0. The van der Waals surface area contributed by atoms with Crippen molar-refractivity contribution in [2.45, 2.75) is 19.9 Å². The molecule has 1 aromatic rings. The SMILES string of the molecule is C=C(C)CN1CCc2c(sc(N)c2C(N)=O)C1. The highest BCUT2D eigenvalue weighted by molar-refractivity contribution is 7.16. The summed E-state index contributed by atoms with van der Waals surface area (Å²) in [7, 11) is 0. The predicted molar refractivity (Wildman–Crippen MR) is 71.0 cm³/mol. The first-order valence-electron chi connectivity index (χ1n) is 5.55. The van der Waals surface area contributed by atoms with E-state index in [2.05, 4.69) is 11.5 Å². The Bertz CT molecular complexity index is 478. The van der Waals surface area contributed by atoms with Crippen molar-refractivity contribution in [2.24, 2.45) is 5.73 Å². The number of hydrogen-bond acceptors (Lipinski definition) is 4. The Kier molecular flexibility index (Phi) is 3.22. The van der Waals surface area contributed by atoms with Gasteiger partial charge in [0.2, 0.25) is 0 Å². The average Bonchev–Trinajstić information content (AvgIpc) is 2.51. The molecule has 0 aromatic carbocycles. The Balaban J connectivity index is 2.26. The van der Waals surface area contributed by atoms with Crippen molar-refractivity contribution in [1.29, 1.82) is 0 Å². The maximum Gasteiger partial charge on any atom is 0.251 e. The number of nitrogen functional groups attached to an aromatic ring is 1. The molecule has 92 valence electrons. The van der Waals surface area contributed by atoms with Crippen molar-refractivity contribution in [3.63, 3.8) is 0 Å². The van der Waals surface area contributed by atoms with E-state index in [1.807, 2.05) is 6.92 Å². The largest absolute Gasteiger partial charge is 0.390 e. The van der Waals surface area contributed by atoms with E-state index in [1.54, 1.807) is 0 Å². The second kappa shape index (κ2) is 4.50. The summed E-state index contributed by atoms with van der Waals surface area (Å²) in [5.74, 6) is -0.409. The molecule has 0 unspecified atom stereocenters. The molecule has 0 aliphatic carbocycles. The van der Waals surface area contributed by atoms with Gasteiger partial charge in [0.05, 0.1) is 10.6 Å². The van der Waals surface area contributed by atoms with Gasteiger partial charge in [0.15, 0.2) is 0 Å². The second-order valence-corrected chi connectivity index (χ2v) is 5.66. The molecule has 1 aliphatic rings. The lowest BCUT2D eigenvalue weighted by Crippen LogP contribution is -2.31. The molecule has 17 heavy (non-hydrogen) atoms. The summed E-state index contributed by atoms with van der Waals surface area (Å²) in [6.45, 7) is 8.60. The van der Waals surface area contributed by atoms with Gasteiger partial charge in [-0.2, -0.15) is 0 Å². The monoisotopic (exact) mass is 251 g/mol. The van der Waals surface area contributed by atoms with Crippen LogP contribution in [0.2, 0.25) is 0 Å². The highest BCUT2D eigenvalue weighted by Gasteiger charge is 2.25. The number of hydrogen-bond donors (Lipinski definition) is 2. The molecule has 2 heterocycles. The number of amides is 1. The van der Waals surface area contributed by atoms with Gasteiger partial charge >= 0.3 is 0 Å². The molecule has 0 saturated heterocycles. The number of fused-ring (bicyclic) bond motifs is 1. The first-order chi connectivity index (χ1) is 7.99. The maximum absolute atomic E-state index is 11.3. The van der Waals surface area contributed by atoms with E-state index in [-0.39, 0.29) is 0 Å². The fourth-order valence-electron chi connectivity index (χ4n) is 2.26. The molecule has 0 atom stereocenters. The lowest BCUT2D eigenvalue weighted by Gasteiger charge is -2.26. The highest BCUT2D eigenvalue weighted by Crippen LogP contribution is 2.34. The number of anilines is 1. The maximum atomic E-state index is 11.3. The lowest BCUT2D eigenvalue weighted by molar-refractivity contribution is 0.1000. The molecule has 4 nitrogen and oxygen atoms in total. The van der Waals surface area contributed by atoms with Crippen LogP contribution in [0.4, 0.5) is 5.00 Å². The molecule has 1 aliphatic heterocycles. The summed E-state index contributed by atoms with van der Waals surface area (Å²) in [6, 6.07) is 0. The molecule has 0 fully saturated rings. The minimum atomic E-state index is -0.409. The fourth-order valence-corrected chi connectivity index (χ4v) is 3.43. The molecule has 0 spiro atoms. The summed E-state index contributed by atoms with van der Waals surface area (Å²) < 4.78 is 0. The van der Waals surface area contributed by atoms with Crippen molar-refractivity contribution >= 4 is 22.2 Å². The summed E-state index contributed by atoms with van der Waals surface area (Å²) in [4.78, 5) is 14.8. The van der Waals surface area contributed by atoms with Crippen LogP contribution in [-0.2, 0) is 13.0 Å². The van der Waals surface area contributed by atoms with Crippen LogP contribution in [0, 0.1) is 0 Å². The minimum absolute atomic E-state index is 0.409. The average molecular weight is 251 g/mol. The molecule has 1 aromatic heterocycles. The number of rotatable bonds is 3. The molecule has 0 saturated carbocycles. The van der Waals surface area contributed by atoms with Gasteiger partial charge in [0.1, 0.15) is 0 Å². The smallest absolute Gasteiger partial charge is 0.251 e. The van der Waals surface area contributed by atoms with Gasteiger partial charge in [-0.25, -0.2) is 0 Å². The number of primary amides is 1. The second-order valence-electron chi connectivity index (χ2n) is 4.53. The zero-order chi connectivity index (χ0) is 12.6. The van der Waals surface area contributed by atoms with Crippen molar-refractivity contribution < 1.29 is 4.79 Å². The summed E-state index contributed by atoms with van der Waals surface area (Å²) in [6.07, 6.45) is 0.842. The standard InChI is InChI=1S/C12H17N3OS/c1-7(2)5-15-4-3-8-9(6-15)17-12(14)10(8)11(13)16/h1,3-6,14H2,2H3,(H2,13,16). The zero-order valence-corrected chi connectivity index (χ0v) is 10.8. The summed E-state index contributed by atoms with van der Waals surface area (Å²) in [5.41, 5.74) is 14.0. The van der Waals surface area contributed by atoms with E-state index in [4.69, 9.17) is 11.5 Å². The molecular weight excluding hydrogens is 234 g/mol. The van der Waals surface area contributed by atoms with Crippen molar-refractivity contribution in [3.8, 4) is 0 Å². The fraction of sp³-hybridized carbons (Fsp3) is 0.417. The first kappa shape index (κ1) is 12.1. The van der Waals surface area contributed by atoms with Gasteiger partial charge in [-0.15, -0.1) is 11.3 Å². The van der Waals surface area contributed by atoms with Crippen LogP contribution in [0.1, 0.15) is 27.7 Å². The van der Waals surface area contributed by atoms with E-state index in [0.717, 1.165) is 37.2 Å². The van der Waals surface area contributed by atoms with Crippen LogP contribution in [0.25, 0.3) is 0 Å². The molecule has 5 heteroatoms. The summed E-state index contributed by atoms with van der Waals surface area (Å²) in [5, 5.41) is 0.555. The number of carbonyl (C=O) groups is 1. The van der Waals surface area contributed by atoms with Crippen molar-refractivity contribution in [2.75, 3.05) is 18.8 Å². The van der Waals surface area contributed by atoms with Crippen LogP contribution in [0.5, 0.6) is 0 Å². The Morgan fingerprint density at radius 1 is 1.59 bits per heavy atom. The van der Waals surface area contributed by atoms with Gasteiger partial charge in [-0.1, -0.05) is 12.2 Å². The normalized spacial score (nSPS) is 15.6. The Labute approximate surface area is 105 Å². The minimum Gasteiger partial charge on any atom is -0.390 e. The quantitative estimate of drug-likeness (QED) is 0.797. The number of nitrogens with two attached hydrogens (primary N) is 2. The van der Waals surface area contributed by atoms with Gasteiger partial charge < -0.3 is 11.5 Å². The zero-order valence-electron chi connectivity index (χ0n) is 9.95. The highest BCUT2D eigenvalue weighted by atomic mass is 32.1. The molecule has 0 radical (unpaired) electrons. The number of thiophene rings is 1. The van der Waals surface area contributed by atoms with Crippen LogP contribution < -0.4 is 11.5 Å². The molecule has 4 N–H and O–H groups in total. The Hall–Kier alpha value is -1.33. The van der Waals surface area contributed by atoms with Gasteiger partial charge in [-0.05, 0) is 18.9 Å². The molecular formula is C12H17N3OS. The third-order valence-electron chi connectivity index (χ3n) is 2.90. The van der Waals surface area contributed by atoms with E-state index in [9.17, 15) is 4.79 Å². The van der Waals surface area contributed by atoms with Gasteiger partial charge in [0.25, 0.3) is 5.91 Å². The van der Waals surface area contributed by atoms with Crippen LogP contribution >= 0.6 is 11.3 Å². The van der Waals surface area contributed by atoms with Gasteiger partial charge in [0, 0.05) is 24.5 Å². The van der Waals surface area contributed by atoms with Crippen LogP contribution in [0.15, 0.2) is 12.2 Å². The van der Waals surface area contributed by atoms with Gasteiger partial charge in [-0.3, -0.25) is 9.69 Å². The number of nitrogens with zero attached hydrogens (tertiary/aromatic N) is 1. The van der Waals surface area contributed by atoms with E-state index in [1.165, 1.54) is 16.2 Å². The number of carbonyl (C=O) groups excluding carboxylic acids is 1. The topological polar surface area (TPSA) is 72.3 Å². The van der Waals surface area contributed by atoms with E-state index < -0.39 is 5.91 Å². The molecule has 0 bridgehead atoms. The predicted octanol–water partition coefficient (Wildman–Crippen LogP) is 1.36. The van der Waals surface area contributed by atoms with Crippen LogP contribution in [-0.4, -0.2) is 23.9 Å². The van der Waals surface area contributed by atoms with Crippen molar-refractivity contribution in [1.82, 2.24) is 4.90 Å². The Morgan fingerprint density at radius 3 is 2.88 bits per heavy atom. The third kappa shape index (κ3) is 2.35. The summed E-state index contributed by atoms with van der Waals surface area (Å²) >= 11 is 1.48. The van der Waals surface area contributed by atoms with E-state index in [0.29, 0.717) is 10.6 Å². The third-order valence-corrected chi connectivity index (χ3v) is 3.95. The first-order valence-corrected chi connectivity index (χ1v) is 6.37.